The van der Waals surface area contributed by atoms with Crippen LogP contribution >= 0.6 is 0 Å². The molecule has 0 bridgehead atoms. The largest absolute Gasteiger partial charge is 0.460 e. The lowest BCUT2D eigenvalue weighted by Gasteiger charge is -1.98. The highest BCUT2D eigenvalue weighted by atomic mass is 16.3. The van der Waals surface area contributed by atoms with Crippen molar-refractivity contribution in [3.8, 4) is 11.3 Å². The Morgan fingerprint density at radius 2 is 1.81 bits per heavy atom. The third kappa shape index (κ3) is 1.97. The number of amides is 1. The van der Waals surface area contributed by atoms with Crippen molar-refractivity contribution in [2.75, 3.05) is 0 Å². The first kappa shape index (κ1) is 10.4. The van der Waals surface area contributed by atoms with Gasteiger partial charge in [0.15, 0.2) is 0 Å². The van der Waals surface area contributed by atoms with Gasteiger partial charge in [-0.2, -0.15) is 0 Å². The molecule has 0 spiro atoms. The van der Waals surface area contributed by atoms with Gasteiger partial charge < -0.3 is 15.9 Å². The lowest BCUT2D eigenvalue weighted by molar-refractivity contribution is 0.100. The zero-order valence-electron chi connectivity index (χ0n) is 8.64. The first-order valence-corrected chi connectivity index (χ1v) is 4.89. The van der Waals surface area contributed by atoms with E-state index in [1.807, 2.05) is 12.1 Å². The average Bonchev–Trinajstić information content (AvgIpc) is 2.77. The van der Waals surface area contributed by atoms with Crippen LogP contribution < -0.4 is 11.5 Å². The number of primary amides is 1. The zero-order valence-corrected chi connectivity index (χ0v) is 8.64. The Morgan fingerprint density at radius 3 is 2.31 bits per heavy atom. The van der Waals surface area contributed by atoms with Crippen molar-refractivity contribution in [1.29, 1.82) is 0 Å². The van der Waals surface area contributed by atoms with Crippen molar-refractivity contribution < 1.29 is 9.21 Å². The van der Waals surface area contributed by atoms with Crippen LogP contribution in [0.2, 0.25) is 0 Å². The van der Waals surface area contributed by atoms with Crippen LogP contribution in [0.3, 0.4) is 0 Å². The summed E-state index contributed by atoms with van der Waals surface area (Å²) in [5.41, 5.74) is 12.0. The predicted molar refractivity (Wildman–Crippen MR) is 60.6 cm³/mol. The lowest BCUT2D eigenvalue weighted by atomic mass is 10.1. The maximum Gasteiger partial charge on any atom is 0.248 e. The van der Waals surface area contributed by atoms with E-state index in [4.69, 9.17) is 15.9 Å². The lowest BCUT2D eigenvalue weighted by Crippen LogP contribution is -2.10. The van der Waals surface area contributed by atoms with Crippen LogP contribution in [-0.4, -0.2) is 5.91 Å². The second-order valence-corrected chi connectivity index (χ2v) is 3.41. The van der Waals surface area contributed by atoms with E-state index in [0.29, 0.717) is 12.1 Å². The Balaban J connectivity index is 2.30. The first-order chi connectivity index (χ1) is 7.70. The molecule has 4 nitrogen and oxygen atoms in total. The smallest absolute Gasteiger partial charge is 0.248 e. The summed E-state index contributed by atoms with van der Waals surface area (Å²) in [5.74, 6) is 1.03. The van der Waals surface area contributed by atoms with E-state index in [1.54, 1.807) is 24.3 Å². The maximum atomic E-state index is 10.9. The number of nitrogens with two attached hydrogens (primary N) is 2. The number of carbonyl (C=O) groups excluding carboxylic acids is 1. The van der Waals surface area contributed by atoms with Crippen molar-refractivity contribution >= 4 is 5.91 Å². The van der Waals surface area contributed by atoms with Crippen LogP contribution in [0, 0.1) is 0 Å². The summed E-state index contributed by atoms with van der Waals surface area (Å²) in [6, 6.07) is 10.6. The van der Waals surface area contributed by atoms with Gasteiger partial charge in [-0.05, 0) is 24.3 Å². The third-order valence-electron chi connectivity index (χ3n) is 2.32. The summed E-state index contributed by atoms with van der Waals surface area (Å²) in [6.45, 7) is 0.374. The highest BCUT2D eigenvalue weighted by Crippen LogP contribution is 2.22. The van der Waals surface area contributed by atoms with Crippen molar-refractivity contribution in [3.05, 3.63) is 47.7 Å². The van der Waals surface area contributed by atoms with Crippen molar-refractivity contribution in [3.63, 3.8) is 0 Å². The minimum Gasteiger partial charge on any atom is -0.460 e. The topological polar surface area (TPSA) is 82.2 Å². The summed E-state index contributed by atoms with van der Waals surface area (Å²) in [4.78, 5) is 10.9. The fraction of sp³-hybridized carbons (Fsp3) is 0.0833. The fourth-order valence-electron chi connectivity index (χ4n) is 1.44. The van der Waals surface area contributed by atoms with Crippen LogP contribution in [-0.2, 0) is 6.54 Å². The van der Waals surface area contributed by atoms with Crippen molar-refractivity contribution in [2.45, 2.75) is 6.54 Å². The van der Waals surface area contributed by atoms with Gasteiger partial charge >= 0.3 is 0 Å². The molecule has 0 saturated carbocycles. The Bertz CT molecular complexity index is 500. The van der Waals surface area contributed by atoms with Crippen molar-refractivity contribution in [2.24, 2.45) is 11.5 Å². The van der Waals surface area contributed by atoms with Gasteiger partial charge in [0.25, 0.3) is 0 Å². The number of rotatable bonds is 3. The van der Waals surface area contributed by atoms with Gasteiger partial charge in [0.05, 0.1) is 6.54 Å². The van der Waals surface area contributed by atoms with Crippen molar-refractivity contribution in [1.82, 2.24) is 0 Å². The monoisotopic (exact) mass is 216 g/mol. The van der Waals surface area contributed by atoms with E-state index in [9.17, 15) is 4.79 Å². The molecule has 1 aromatic heterocycles. The second-order valence-electron chi connectivity index (χ2n) is 3.41. The molecule has 0 unspecified atom stereocenters. The maximum absolute atomic E-state index is 10.9. The van der Waals surface area contributed by atoms with Gasteiger partial charge in [0, 0.05) is 11.1 Å². The molecule has 1 heterocycles. The number of carbonyl (C=O) groups is 1. The summed E-state index contributed by atoms with van der Waals surface area (Å²) >= 11 is 0. The van der Waals surface area contributed by atoms with Crippen LogP contribution in [0.4, 0.5) is 0 Å². The molecule has 4 N–H and O–H groups in total. The molecule has 0 saturated heterocycles. The summed E-state index contributed by atoms with van der Waals surface area (Å²) < 4.78 is 5.48. The zero-order chi connectivity index (χ0) is 11.5. The molecule has 0 aliphatic carbocycles. The van der Waals surface area contributed by atoms with Gasteiger partial charge in [-0.1, -0.05) is 12.1 Å². The number of benzene rings is 1. The number of furan rings is 1. The van der Waals surface area contributed by atoms with Crippen LogP contribution in [0.25, 0.3) is 11.3 Å². The number of hydrogen-bond donors (Lipinski definition) is 2. The molecule has 2 aromatic rings. The standard InChI is InChI=1S/C12H12N2O2/c13-7-10-5-6-11(16-10)8-1-3-9(4-2-8)12(14)15/h1-6H,7,13H2,(H2,14,15). The molecule has 0 atom stereocenters. The van der Waals surface area contributed by atoms with Crippen LogP contribution in [0.5, 0.6) is 0 Å². The molecule has 0 aliphatic rings. The summed E-state index contributed by atoms with van der Waals surface area (Å²) in [6.07, 6.45) is 0. The molecule has 4 heteroatoms. The molecule has 0 radical (unpaired) electrons. The Labute approximate surface area is 92.9 Å². The summed E-state index contributed by atoms with van der Waals surface area (Å²) in [7, 11) is 0. The quantitative estimate of drug-likeness (QED) is 0.815. The van der Waals surface area contributed by atoms with E-state index >= 15 is 0 Å². The molecular weight excluding hydrogens is 204 g/mol. The van der Waals surface area contributed by atoms with Gasteiger partial charge in [-0.25, -0.2) is 0 Å². The summed E-state index contributed by atoms with van der Waals surface area (Å²) in [5, 5.41) is 0. The van der Waals surface area contributed by atoms with E-state index < -0.39 is 5.91 Å². The Morgan fingerprint density at radius 1 is 1.12 bits per heavy atom. The highest BCUT2D eigenvalue weighted by molar-refractivity contribution is 5.93. The minimum atomic E-state index is -0.436. The molecular formula is C12H12N2O2. The molecule has 0 fully saturated rings. The highest BCUT2D eigenvalue weighted by Gasteiger charge is 2.05. The minimum absolute atomic E-state index is 0.374. The molecule has 82 valence electrons. The molecule has 0 aliphatic heterocycles. The predicted octanol–water partition coefficient (Wildman–Crippen LogP) is 1.50. The molecule has 2 rings (SSSR count). The van der Waals surface area contributed by atoms with Gasteiger partial charge in [-0.3, -0.25) is 4.79 Å². The van der Waals surface area contributed by atoms with E-state index in [0.717, 1.165) is 17.1 Å². The second kappa shape index (κ2) is 4.20. The Kier molecular flexibility index (Phi) is 2.74. The normalized spacial score (nSPS) is 10.3. The van der Waals surface area contributed by atoms with Gasteiger partial charge in [-0.15, -0.1) is 0 Å². The average molecular weight is 216 g/mol. The van der Waals surface area contributed by atoms with Gasteiger partial charge in [0.2, 0.25) is 5.91 Å². The van der Waals surface area contributed by atoms with E-state index in [2.05, 4.69) is 0 Å². The Hall–Kier alpha value is -2.07. The number of hydrogen-bond acceptors (Lipinski definition) is 3. The fourth-order valence-corrected chi connectivity index (χ4v) is 1.44. The van der Waals surface area contributed by atoms with E-state index in [-0.39, 0.29) is 0 Å². The first-order valence-electron chi connectivity index (χ1n) is 4.89. The van der Waals surface area contributed by atoms with E-state index in [1.165, 1.54) is 0 Å². The van der Waals surface area contributed by atoms with Crippen LogP contribution in [0.1, 0.15) is 16.1 Å². The molecule has 1 amide bonds. The molecule has 16 heavy (non-hydrogen) atoms. The SMILES string of the molecule is NCc1ccc(-c2ccc(C(N)=O)cc2)o1. The van der Waals surface area contributed by atoms with Gasteiger partial charge in [0.1, 0.15) is 11.5 Å². The van der Waals surface area contributed by atoms with Crippen LogP contribution in [0.15, 0.2) is 40.8 Å². The third-order valence-corrected chi connectivity index (χ3v) is 2.32. The molecule has 1 aromatic carbocycles.